The molecule has 0 radical (unpaired) electrons. The van der Waals surface area contributed by atoms with Gasteiger partial charge in [-0.1, -0.05) is 0 Å². The topological polar surface area (TPSA) is 62.7 Å². The number of anilines is 1. The quantitative estimate of drug-likeness (QED) is 0.604. The smallest absolute Gasteiger partial charge is 0.0912 e. The van der Waals surface area contributed by atoms with E-state index in [1.165, 1.54) is 6.08 Å². The average molecular weight is 145 g/mol. The molecule has 0 bridgehead atoms. The molecule has 0 aromatic carbocycles. The SMILES string of the molecule is N#C/C=C/c1ccc(N)cn1. The summed E-state index contributed by atoms with van der Waals surface area (Å²) in [5.74, 6) is 0. The molecule has 0 amide bonds. The van der Waals surface area contributed by atoms with Gasteiger partial charge in [-0.2, -0.15) is 5.26 Å². The maximum Gasteiger partial charge on any atom is 0.0912 e. The minimum Gasteiger partial charge on any atom is -0.397 e. The van der Waals surface area contributed by atoms with E-state index in [2.05, 4.69) is 4.98 Å². The summed E-state index contributed by atoms with van der Waals surface area (Å²) in [6.45, 7) is 0. The highest BCUT2D eigenvalue weighted by molar-refractivity contribution is 5.49. The van der Waals surface area contributed by atoms with E-state index in [0.717, 1.165) is 5.69 Å². The highest BCUT2D eigenvalue weighted by Gasteiger charge is 1.86. The summed E-state index contributed by atoms with van der Waals surface area (Å²) in [4.78, 5) is 3.95. The molecule has 2 N–H and O–H groups in total. The molecule has 0 aliphatic heterocycles. The lowest BCUT2D eigenvalue weighted by molar-refractivity contribution is 1.30. The summed E-state index contributed by atoms with van der Waals surface area (Å²) in [6, 6.07) is 5.37. The van der Waals surface area contributed by atoms with Crippen LogP contribution in [0.15, 0.2) is 24.4 Å². The second-order valence-corrected chi connectivity index (χ2v) is 1.98. The first-order valence-electron chi connectivity index (χ1n) is 3.10. The molecule has 1 rings (SSSR count). The number of nitrogen functional groups attached to an aromatic ring is 1. The molecule has 0 aliphatic rings. The first-order valence-corrected chi connectivity index (χ1v) is 3.10. The molecule has 3 heteroatoms. The molecule has 0 fully saturated rings. The van der Waals surface area contributed by atoms with Gasteiger partial charge in [-0.3, -0.25) is 4.98 Å². The number of hydrogen-bond donors (Lipinski definition) is 1. The van der Waals surface area contributed by atoms with Crippen LogP contribution >= 0.6 is 0 Å². The molecular formula is C8H7N3. The standard InChI is InChI=1S/C8H7N3/c9-5-1-2-8-4-3-7(10)6-11-8/h1-4,6H,10H2/b2-1+. The molecular weight excluding hydrogens is 138 g/mol. The van der Waals surface area contributed by atoms with E-state index < -0.39 is 0 Å². The van der Waals surface area contributed by atoms with Gasteiger partial charge in [-0.25, -0.2) is 0 Å². The highest BCUT2D eigenvalue weighted by Crippen LogP contribution is 2.01. The number of aromatic nitrogens is 1. The van der Waals surface area contributed by atoms with E-state index in [-0.39, 0.29) is 0 Å². The Balaban J connectivity index is 2.84. The molecule has 0 atom stereocenters. The number of allylic oxidation sites excluding steroid dienone is 1. The monoisotopic (exact) mass is 145 g/mol. The van der Waals surface area contributed by atoms with Crippen molar-refractivity contribution in [1.82, 2.24) is 4.98 Å². The van der Waals surface area contributed by atoms with Gasteiger partial charge in [0.2, 0.25) is 0 Å². The lowest BCUT2D eigenvalue weighted by Crippen LogP contribution is -1.86. The van der Waals surface area contributed by atoms with E-state index in [4.69, 9.17) is 11.0 Å². The van der Waals surface area contributed by atoms with Crippen molar-refractivity contribution in [2.24, 2.45) is 0 Å². The average Bonchev–Trinajstić information content (AvgIpc) is 2.04. The maximum atomic E-state index is 8.19. The van der Waals surface area contributed by atoms with Crippen molar-refractivity contribution in [3.05, 3.63) is 30.1 Å². The fourth-order valence-corrected chi connectivity index (χ4v) is 0.638. The van der Waals surface area contributed by atoms with Crippen LogP contribution in [0.2, 0.25) is 0 Å². The van der Waals surface area contributed by atoms with E-state index >= 15 is 0 Å². The van der Waals surface area contributed by atoms with E-state index in [1.807, 2.05) is 6.07 Å². The van der Waals surface area contributed by atoms with Gasteiger partial charge in [0.05, 0.1) is 23.6 Å². The van der Waals surface area contributed by atoms with Crippen LogP contribution in [0.3, 0.4) is 0 Å². The van der Waals surface area contributed by atoms with Gasteiger partial charge in [-0.05, 0) is 18.2 Å². The van der Waals surface area contributed by atoms with Crippen LogP contribution in [0.4, 0.5) is 5.69 Å². The van der Waals surface area contributed by atoms with Gasteiger partial charge in [0.25, 0.3) is 0 Å². The molecule has 0 spiro atoms. The lowest BCUT2D eigenvalue weighted by atomic mass is 10.3. The van der Waals surface area contributed by atoms with Crippen molar-refractivity contribution >= 4 is 11.8 Å². The van der Waals surface area contributed by atoms with Crippen molar-refractivity contribution in [2.45, 2.75) is 0 Å². The summed E-state index contributed by atoms with van der Waals surface area (Å²) in [7, 11) is 0. The lowest BCUT2D eigenvalue weighted by Gasteiger charge is -1.91. The summed E-state index contributed by atoms with van der Waals surface area (Å²) in [6.07, 6.45) is 4.55. The van der Waals surface area contributed by atoms with Crippen molar-refractivity contribution < 1.29 is 0 Å². The molecule has 11 heavy (non-hydrogen) atoms. The third kappa shape index (κ3) is 2.11. The van der Waals surface area contributed by atoms with E-state index in [1.54, 1.807) is 24.4 Å². The largest absolute Gasteiger partial charge is 0.397 e. The normalized spacial score (nSPS) is 9.73. The van der Waals surface area contributed by atoms with Crippen LogP contribution in [0.25, 0.3) is 6.08 Å². The first-order chi connectivity index (χ1) is 5.33. The van der Waals surface area contributed by atoms with Gasteiger partial charge < -0.3 is 5.73 Å². The van der Waals surface area contributed by atoms with Crippen molar-refractivity contribution in [3.8, 4) is 6.07 Å². The fourth-order valence-electron chi connectivity index (χ4n) is 0.638. The highest BCUT2D eigenvalue weighted by atomic mass is 14.7. The summed E-state index contributed by atoms with van der Waals surface area (Å²) in [5.41, 5.74) is 6.76. The number of hydrogen-bond acceptors (Lipinski definition) is 3. The Morgan fingerprint density at radius 1 is 1.55 bits per heavy atom. The molecule has 0 aliphatic carbocycles. The molecule has 0 saturated carbocycles. The van der Waals surface area contributed by atoms with E-state index in [0.29, 0.717) is 5.69 Å². The molecule has 1 heterocycles. The summed E-state index contributed by atoms with van der Waals surface area (Å²) in [5, 5.41) is 8.19. The zero-order valence-electron chi connectivity index (χ0n) is 5.86. The number of nitriles is 1. The molecule has 54 valence electrons. The van der Waals surface area contributed by atoms with Crippen molar-refractivity contribution in [2.75, 3.05) is 5.73 Å². The van der Waals surface area contributed by atoms with Crippen molar-refractivity contribution in [3.63, 3.8) is 0 Å². The number of pyridine rings is 1. The van der Waals surface area contributed by atoms with Crippen molar-refractivity contribution in [1.29, 1.82) is 5.26 Å². The molecule has 0 unspecified atom stereocenters. The Labute approximate surface area is 64.8 Å². The van der Waals surface area contributed by atoms with Gasteiger partial charge in [0.15, 0.2) is 0 Å². The third-order valence-electron chi connectivity index (χ3n) is 1.14. The first kappa shape index (κ1) is 7.29. The maximum absolute atomic E-state index is 8.19. The number of nitrogens with zero attached hydrogens (tertiary/aromatic N) is 2. The van der Waals surface area contributed by atoms with Crippen LogP contribution in [-0.2, 0) is 0 Å². The predicted molar refractivity (Wildman–Crippen MR) is 43.3 cm³/mol. The molecule has 3 nitrogen and oxygen atoms in total. The Kier molecular flexibility index (Phi) is 2.24. The van der Waals surface area contributed by atoms with Crippen LogP contribution in [0, 0.1) is 11.3 Å². The van der Waals surface area contributed by atoms with E-state index in [9.17, 15) is 0 Å². The molecule has 0 saturated heterocycles. The second kappa shape index (κ2) is 3.37. The van der Waals surface area contributed by atoms with Gasteiger partial charge >= 0.3 is 0 Å². The van der Waals surface area contributed by atoms with Crippen LogP contribution in [0.1, 0.15) is 5.69 Å². The Bertz CT molecular complexity index is 292. The van der Waals surface area contributed by atoms with Crippen LogP contribution in [0.5, 0.6) is 0 Å². The van der Waals surface area contributed by atoms with Gasteiger partial charge in [-0.15, -0.1) is 0 Å². The van der Waals surface area contributed by atoms with Crippen LogP contribution in [-0.4, -0.2) is 4.98 Å². The van der Waals surface area contributed by atoms with Crippen LogP contribution < -0.4 is 5.73 Å². The summed E-state index contributed by atoms with van der Waals surface area (Å²) >= 11 is 0. The minimum atomic E-state index is 0.624. The Morgan fingerprint density at radius 2 is 2.36 bits per heavy atom. The predicted octanol–water partition coefficient (Wildman–Crippen LogP) is 1.20. The Hall–Kier alpha value is -1.82. The Morgan fingerprint density at radius 3 is 2.91 bits per heavy atom. The van der Waals surface area contributed by atoms with Gasteiger partial charge in [0.1, 0.15) is 0 Å². The molecule has 1 aromatic heterocycles. The fraction of sp³-hybridized carbons (Fsp3) is 0. The zero-order chi connectivity index (χ0) is 8.10. The van der Waals surface area contributed by atoms with Gasteiger partial charge in [0, 0.05) is 6.08 Å². The number of nitrogens with two attached hydrogens (primary N) is 1. The minimum absolute atomic E-state index is 0.624. The number of rotatable bonds is 1. The zero-order valence-corrected chi connectivity index (χ0v) is 5.86. The second-order valence-electron chi connectivity index (χ2n) is 1.98. The third-order valence-corrected chi connectivity index (χ3v) is 1.14. The summed E-state index contributed by atoms with van der Waals surface area (Å²) < 4.78 is 0. The molecule has 1 aromatic rings.